The highest BCUT2D eigenvalue weighted by Crippen LogP contribution is 2.36. The molecule has 192 valence electrons. The highest BCUT2D eigenvalue weighted by atomic mass is 32.1. The second kappa shape index (κ2) is 9.77. The summed E-state index contributed by atoms with van der Waals surface area (Å²) >= 11 is 0.989. The van der Waals surface area contributed by atoms with E-state index in [-0.39, 0.29) is 24.2 Å². The van der Waals surface area contributed by atoms with Crippen molar-refractivity contribution in [3.8, 4) is 17.4 Å². The molecule has 4 heterocycles. The quantitative estimate of drug-likeness (QED) is 0.340. The Morgan fingerprint density at radius 3 is 2.86 bits per heavy atom. The van der Waals surface area contributed by atoms with Crippen molar-refractivity contribution in [3.63, 3.8) is 0 Å². The Hall–Kier alpha value is -4.66. The van der Waals surface area contributed by atoms with Crippen LogP contribution in [0.25, 0.3) is 0 Å². The molecule has 14 nitrogen and oxygen atoms in total. The summed E-state index contributed by atoms with van der Waals surface area (Å²) < 4.78 is 21.6. The Balaban J connectivity index is 1.40. The van der Waals surface area contributed by atoms with Crippen LogP contribution in [0, 0.1) is 0 Å². The first kappa shape index (κ1) is 24.1. The van der Waals surface area contributed by atoms with Gasteiger partial charge in [0.05, 0.1) is 18.8 Å². The molecule has 37 heavy (non-hydrogen) atoms. The molecule has 5 rings (SSSR count). The van der Waals surface area contributed by atoms with E-state index in [0.29, 0.717) is 22.8 Å². The molecule has 1 saturated heterocycles. The number of rotatable bonds is 7. The van der Waals surface area contributed by atoms with Gasteiger partial charge in [0.15, 0.2) is 16.6 Å². The molecule has 0 bridgehead atoms. The highest BCUT2D eigenvalue weighted by Gasteiger charge is 2.46. The second-order valence-electron chi connectivity index (χ2n) is 7.96. The number of anilines is 1. The molecule has 2 aromatic heterocycles. The van der Waals surface area contributed by atoms with Crippen LogP contribution in [0.5, 0.6) is 17.4 Å². The van der Waals surface area contributed by atoms with Gasteiger partial charge in [-0.05, 0) is 17.7 Å². The normalized spacial score (nSPS) is 16.9. The van der Waals surface area contributed by atoms with Crippen LogP contribution in [0.15, 0.2) is 36.1 Å². The van der Waals surface area contributed by atoms with Crippen LogP contribution in [0.2, 0.25) is 0 Å². The number of carbonyl (C=O) groups excluding carboxylic acids is 4. The van der Waals surface area contributed by atoms with Crippen molar-refractivity contribution in [2.24, 2.45) is 7.05 Å². The molecule has 2 aliphatic rings. The van der Waals surface area contributed by atoms with Gasteiger partial charge in [0.2, 0.25) is 18.6 Å². The van der Waals surface area contributed by atoms with E-state index < -0.39 is 36.1 Å². The fourth-order valence-electron chi connectivity index (χ4n) is 3.87. The molecule has 1 aromatic carbocycles. The predicted octanol–water partition coefficient (Wildman–Crippen LogP) is 1.59. The smallest absolute Gasteiger partial charge is 0.454 e. The number of aromatic nitrogens is 3. The number of imide groups is 1. The number of nitrogens with one attached hydrogen (secondary N) is 2. The van der Waals surface area contributed by atoms with E-state index in [1.807, 2.05) is 0 Å². The maximum absolute atomic E-state index is 13.5. The van der Waals surface area contributed by atoms with Gasteiger partial charge in [-0.1, -0.05) is 6.07 Å². The summed E-state index contributed by atoms with van der Waals surface area (Å²) in [6, 6.07) is 1.91. The molecule has 1 unspecified atom stereocenters. The van der Waals surface area contributed by atoms with Crippen LogP contribution >= 0.6 is 11.3 Å². The Kier molecular flexibility index (Phi) is 6.35. The number of amides is 4. The number of aryl methyl sites for hydroxylation is 1. The number of benzene rings is 1. The van der Waals surface area contributed by atoms with Gasteiger partial charge in [0.25, 0.3) is 5.91 Å². The molecule has 0 aliphatic carbocycles. The number of fused-ring (bicyclic) bond motifs is 1. The summed E-state index contributed by atoms with van der Waals surface area (Å²) in [4.78, 5) is 60.1. The SMILES string of the molecule is COC(=O)Oc1csc(NC(=O)[C@H](Cc2cncn2C)N2C(=O)NC(c3ccc4c(c3)OCO4)C2=O)n1. The van der Waals surface area contributed by atoms with E-state index in [0.717, 1.165) is 23.3 Å². The van der Waals surface area contributed by atoms with Crippen LogP contribution in [-0.2, 0) is 27.8 Å². The first-order chi connectivity index (χ1) is 17.8. The van der Waals surface area contributed by atoms with Gasteiger partial charge < -0.3 is 34.1 Å². The molecule has 4 amide bonds. The van der Waals surface area contributed by atoms with E-state index in [2.05, 4.69) is 25.3 Å². The van der Waals surface area contributed by atoms with Crippen LogP contribution < -0.4 is 24.8 Å². The van der Waals surface area contributed by atoms with Crippen molar-refractivity contribution in [1.29, 1.82) is 0 Å². The van der Waals surface area contributed by atoms with Gasteiger partial charge in [0.1, 0.15) is 12.1 Å². The van der Waals surface area contributed by atoms with Gasteiger partial charge in [-0.25, -0.2) is 19.5 Å². The van der Waals surface area contributed by atoms with Crippen LogP contribution in [-0.4, -0.2) is 63.4 Å². The van der Waals surface area contributed by atoms with Crippen molar-refractivity contribution in [1.82, 2.24) is 24.8 Å². The van der Waals surface area contributed by atoms with Gasteiger partial charge in [0, 0.05) is 25.4 Å². The van der Waals surface area contributed by atoms with E-state index in [9.17, 15) is 19.2 Å². The van der Waals surface area contributed by atoms with E-state index in [4.69, 9.17) is 14.2 Å². The topological polar surface area (TPSA) is 163 Å². The fraction of sp³-hybridized carbons (Fsp3) is 0.273. The standard InChI is InChI=1S/C22H20N6O8S/c1-27-9-23-7-12(27)6-13(18(29)26-20-24-16(8-37-20)36-22(32)33-2)28-19(30)17(25-21(28)31)11-3-4-14-15(5-11)35-10-34-14/h3-5,7-9,13,17H,6,10H2,1-2H3,(H,25,31)(H,24,26,29)/t13-,17?/m0/s1. The summed E-state index contributed by atoms with van der Waals surface area (Å²) in [6.45, 7) is 0.0615. The monoisotopic (exact) mass is 528 g/mol. The Morgan fingerprint density at radius 1 is 1.30 bits per heavy atom. The number of thiazole rings is 1. The Labute approximate surface area is 213 Å². The molecule has 2 N–H and O–H groups in total. The first-order valence-corrected chi connectivity index (χ1v) is 11.7. The summed E-state index contributed by atoms with van der Waals surface area (Å²) in [5.74, 6) is -0.371. The summed E-state index contributed by atoms with van der Waals surface area (Å²) in [6.07, 6.45) is 2.11. The molecule has 3 aromatic rings. The molecule has 0 spiro atoms. The number of carbonyl (C=O) groups is 4. The number of nitrogens with zero attached hydrogens (tertiary/aromatic N) is 4. The lowest BCUT2D eigenvalue weighted by Crippen LogP contribution is -2.49. The number of hydrogen-bond acceptors (Lipinski definition) is 11. The van der Waals surface area contributed by atoms with Crippen LogP contribution in [0.3, 0.4) is 0 Å². The number of imidazole rings is 1. The van der Waals surface area contributed by atoms with Crippen molar-refractivity contribution in [2.45, 2.75) is 18.5 Å². The lowest BCUT2D eigenvalue weighted by Gasteiger charge is -2.24. The number of hydrogen-bond donors (Lipinski definition) is 2. The maximum Gasteiger partial charge on any atom is 0.514 e. The largest absolute Gasteiger partial charge is 0.514 e. The van der Waals surface area contributed by atoms with E-state index in [1.165, 1.54) is 5.38 Å². The zero-order chi connectivity index (χ0) is 26.1. The Bertz CT molecular complexity index is 1390. The first-order valence-electron chi connectivity index (χ1n) is 10.8. The van der Waals surface area contributed by atoms with Crippen molar-refractivity contribution in [2.75, 3.05) is 19.2 Å². The van der Waals surface area contributed by atoms with E-state index in [1.54, 1.807) is 42.3 Å². The number of methoxy groups -OCH3 is 1. The second-order valence-corrected chi connectivity index (χ2v) is 8.81. The summed E-state index contributed by atoms with van der Waals surface area (Å²) in [5.41, 5.74) is 1.09. The molecule has 0 saturated carbocycles. The van der Waals surface area contributed by atoms with Crippen LogP contribution in [0.1, 0.15) is 17.3 Å². The third-order valence-electron chi connectivity index (χ3n) is 5.70. The van der Waals surface area contributed by atoms with E-state index >= 15 is 0 Å². The highest BCUT2D eigenvalue weighted by molar-refractivity contribution is 7.14. The van der Waals surface area contributed by atoms with Gasteiger partial charge in [-0.15, -0.1) is 11.3 Å². The van der Waals surface area contributed by atoms with Crippen LogP contribution in [0.4, 0.5) is 14.7 Å². The van der Waals surface area contributed by atoms with Gasteiger partial charge >= 0.3 is 12.2 Å². The minimum Gasteiger partial charge on any atom is -0.454 e. The van der Waals surface area contributed by atoms with Gasteiger partial charge in [-0.2, -0.15) is 4.98 Å². The third-order valence-corrected chi connectivity index (χ3v) is 6.44. The summed E-state index contributed by atoms with van der Waals surface area (Å²) in [7, 11) is 2.88. The molecular formula is C22H20N6O8S. The zero-order valence-corrected chi connectivity index (χ0v) is 20.3. The van der Waals surface area contributed by atoms with Crippen molar-refractivity contribution >= 4 is 40.5 Å². The maximum atomic E-state index is 13.5. The molecule has 2 aliphatic heterocycles. The lowest BCUT2D eigenvalue weighted by molar-refractivity contribution is -0.134. The minimum absolute atomic E-state index is 0.00769. The Morgan fingerprint density at radius 2 is 2.11 bits per heavy atom. The zero-order valence-electron chi connectivity index (χ0n) is 19.5. The van der Waals surface area contributed by atoms with Crippen molar-refractivity contribution in [3.05, 3.63) is 47.4 Å². The minimum atomic E-state index is -1.24. The average Bonchev–Trinajstić information content (AvgIpc) is 3.66. The molecule has 0 radical (unpaired) electrons. The third kappa shape index (κ3) is 4.75. The average molecular weight is 529 g/mol. The molecular weight excluding hydrogens is 508 g/mol. The number of urea groups is 1. The van der Waals surface area contributed by atoms with Crippen molar-refractivity contribution < 1.29 is 38.1 Å². The lowest BCUT2D eigenvalue weighted by atomic mass is 10.0. The molecule has 15 heteroatoms. The van der Waals surface area contributed by atoms with Gasteiger partial charge in [-0.3, -0.25) is 9.59 Å². The number of ether oxygens (including phenoxy) is 4. The predicted molar refractivity (Wildman–Crippen MR) is 125 cm³/mol. The molecule has 2 atom stereocenters. The summed E-state index contributed by atoms with van der Waals surface area (Å²) in [5, 5.41) is 6.72. The molecule has 1 fully saturated rings. The fourth-order valence-corrected chi connectivity index (χ4v) is 4.48.